The maximum absolute atomic E-state index is 11.7. The molecule has 18 heavy (non-hydrogen) atoms. The van der Waals surface area contributed by atoms with Crippen LogP contribution in [0.2, 0.25) is 0 Å². The fourth-order valence-electron chi connectivity index (χ4n) is 1.80. The van der Waals surface area contributed by atoms with Crippen molar-refractivity contribution in [3.8, 4) is 0 Å². The molecule has 1 aromatic carbocycles. The smallest absolute Gasteiger partial charge is 0.251 e. The third-order valence-corrected chi connectivity index (χ3v) is 2.87. The number of carbonyl (C=O) groups is 1. The van der Waals surface area contributed by atoms with Gasteiger partial charge < -0.3 is 15.1 Å². The molecule has 2 rings (SSSR count). The lowest BCUT2D eigenvalue weighted by molar-refractivity contribution is 0.0962. The summed E-state index contributed by atoms with van der Waals surface area (Å²) < 4.78 is 5.01. The minimum absolute atomic E-state index is 0.0699. The monoisotopic (exact) mass is 244 g/mol. The molecule has 0 saturated heterocycles. The number of rotatable bonds is 4. The van der Waals surface area contributed by atoms with Crippen LogP contribution in [0.3, 0.4) is 0 Å². The molecule has 1 heterocycles. The normalized spacial score (nSPS) is 10.1. The average Bonchev–Trinajstić information content (AvgIpc) is 2.90. The Labute approximate surface area is 106 Å². The molecule has 0 saturated carbocycles. The summed E-state index contributed by atoms with van der Waals surface area (Å²) in [4.78, 5) is 11.7. The molecule has 4 heteroatoms. The van der Waals surface area contributed by atoms with E-state index in [4.69, 9.17) is 4.42 Å². The van der Waals surface area contributed by atoms with Gasteiger partial charge in [-0.3, -0.25) is 4.79 Å². The quantitative estimate of drug-likeness (QED) is 0.869. The van der Waals surface area contributed by atoms with E-state index in [1.807, 2.05) is 31.2 Å². The number of nitrogens with one attached hydrogen (secondary N) is 2. The van der Waals surface area contributed by atoms with Crippen molar-refractivity contribution in [3.05, 3.63) is 53.5 Å². The van der Waals surface area contributed by atoms with Crippen molar-refractivity contribution in [1.29, 1.82) is 0 Å². The highest BCUT2D eigenvalue weighted by atomic mass is 16.3. The molecule has 0 aliphatic carbocycles. The van der Waals surface area contributed by atoms with Gasteiger partial charge in [0.25, 0.3) is 5.91 Å². The van der Waals surface area contributed by atoms with Crippen molar-refractivity contribution in [2.75, 3.05) is 12.4 Å². The number of furan rings is 1. The lowest BCUT2D eigenvalue weighted by Crippen LogP contribution is -2.19. The molecule has 94 valence electrons. The fourth-order valence-corrected chi connectivity index (χ4v) is 1.80. The van der Waals surface area contributed by atoms with Gasteiger partial charge >= 0.3 is 0 Å². The van der Waals surface area contributed by atoms with E-state index in [-0.39, 0.29) is 5.91 Å². The van der Waals surface area contributed by atoms with E-state index in [0.29, 0.717) is 12.1 Å². The zero-order valence-corrected chi connectivity index (χ0v) is 10.5. The Hall–Kier alpha value is -2.23. The van der Waals surface area contributed by atoms with Crippen LogP contribution in [0.5, 0.6) is 0 Å². The van der Waals surface area contributed by atoms with E-state index >= 15 is 0 Å². The molecule has 1 amide bonds. The SMILES string of the molecule is CNC(=O)c1cccc(NCc2ccoc2)c1C. The molecule has 2 N–H and O–H groups in total. The van der Waals surface area contributed by atoms with E-state index < -0.39 is 0 Å². The first-order chi connectivity index (χ1) is 8.72. The van der Waals surface area contributed by atoms with Gasteiger partial charge in [-0.1, -0.05) is 6.07 Å². The second-order valence-corrected chi connectivity index (χ2v) is 4.04. The van der Waals surface area contributed by atoms with Crippen LogP contribution in [0.1, 0.15) is 21.5 Å². The number of hydrogen-bond acceptors (Lipinski definition) is 3. The van der Waals surface area contributed by atoms with Gasteiger partial charge in [-0.25, -0.2) is 0 Å². The zero-order valence-electron chi connectivity index (χ0n) is 10.5. The van der Waals surface area contributed by atoms with Crippen LogP contribution < -0.4 is 10.6 Å². The molecular weight excluding hydrogens is 228 g/mol. The Morgan fingerprint density at radius 3 is 2.83 bits per heavy atom. The van der Waals surface area contributed by atoms with Gasteiger partial charge in [0.1, 0.15) is 0 Å². The van der Waals surface area contributed by atoms with Crippen LogP contribution in [0.25, 0.3) is 0 Å². The number of benzene rings is 1. The molecule has 0 bridgehead atoms. The molecule has 0 fully saturated rings. The number of hydrogen-bond donors (Lipinski definition) is 2. The summed E-state index contributed by atoms with van der Waals surface area (Å²) in [7, 11) is 1.63. The van der Waals surface area contributed by atoms with Gasteiger partial charge in [0, 0.05) is 30.4 Å². The van der Waals surface area contributed by atoms with Crippen molar-refractivity contribution in [3.63, 3.8) is 0 Å². The van der Waals surface area contributed by atoms with Crippen LogP contribution in [0.15, 0.2) is 41.2 Å². The molecule has 0 spiro atoms. The Kier molecular flexibility index (Phi) is 3.67. The molecule has 4 nitrogen and oxygen atoms in total. The lowest BCUT2D eigenvalue weighted by Gasteiger charge is -2.11. The third-order valence-electron chi connectivity index (χ3n) is 2.87. The lowest BCUT2D eigenvalue weighted by atomic mass is 10.1. The Morgan fingerprint density at radius 1 is 1.33 bits per heavy atom. The molecule has 0 atom stereocenters. The highest BCUT2D eigenvalue weighted by molar-refractivity contribution is 5.96. The minimum atomic E-state index is -0.0699. The van der Waals surface area contributed by atoms with E-state index in [2.05, 4.69) is 10.6 Å². The van der Waals surface area contributed by atoms with Crippen LogP contribution in [0, 0.1) is 6.92 Å². The molecule has 0 aliphatic rings. The maximum atomic E-state index is 11.7. The second kappa shape index (κ2) is 5.40. The summed E-state index contributed by atoms with van der Waals surface area (Å²) in [6.45, 7) is 2.61. The van der Waals surface area contributed by atoms with Gasteiger partial charge in [0.05, 0.1) is 12.5 Å². The molecular formula is C14H16N2O2. The van der Waals surface area contributed by atoms with E-state index in [9.17, 15) is 4.79 Å². The van der Waals surface area contributed by atoms with Gasteiger partial charge in [-0.2, -0.15) is 0 Å². The first-order valence-electron chi connectivity index (χ1n) is 5.79. The predicted molar refractivity (Wildman–Crippen MR) is 70.6 cm³/mol. The summed E-state index contributed by atoms with van der Waals surface area (Å²) in [5.41, 5.74) is 3.66. The molecule has 0 radical (unpaired) electrons. The van der Waals surface area contributed by atoms with E-state index in [0.717, 1.165) is 16.8 Å². The number of carbonyl (C=O) groups excluding carboxylic acids is 1. The van der Waals surface area contributed by atoms with Crippen molar-refractivity contribution in [2.45, 2.75) is 13.5 Å². The van der Waals surface area contributed by atoms with Gasteiger partial charge in [0.15, 0.2) is 0 Å². The highest BCUT2D eigenvalue weighted by Crippen LogP contribution is 2.19. The van der Waals surface area contributed by atoms with Crippen LogP contribution in [-0.2, 0) is 6.54 Å². The molecule has 1 aromatic heterocycles. The molecule has 0 aliphatic heterocycles. The summed E-state index contributed by atoms with van der Waals surface area (Å²) in [5.74, 6) is -0.0699. The number of amides is 1. The first kappa shape index (κ1) is 12.2. The third kappa shape index (κ3) is 2.53. The Balaban J connectivity index is 2.16. The zero-order chi connectivity index (χ0) is 13.0. The Bertz CT molecular complexity index is 533. The van der Waals surface area contributed by atoms with Crippen LogP contribution >= 0.6 is 0 Å². The predicted octanol–water partition coefficient (Wildman–Crippen LogP) is 2.56. The summed E-state index contributed by atoms with van der Waals surface area (Å²) in [5, 5.41) is 5.93. The molecule has 2 aromatic rings. The van der Waals surface area contributed by atoms with Crippen molar-refractivity contribution in [2.24, 2.45) is 0 Å². The average molecular weight is 244 g/mol. The van der Waals surface area contributed by atoms with E-state index in [1.54, 1.807) is 19.6 Å². The standard InChI is InChI=1S/C14H16N2O2/c1-10-12(14(17)15-2)4-3-5-13(10)16-8-11-6-7-18-9-11/h3-7,9,16H,8H2,1-2H3,(H,15,17). The summed E-state index contributed by atoms with van der Waals surface area (Å²) in [6.07, 6.45) is 3.34. The maximum Gasteiger partial charge on any atom is 0.251 e. The number of anilines is 1. The second-order valence-electron chi connectivity index (χ2n) is 4.04. The van der Waals surface area contributed by atoms with Crippen molar-refractivity contribution >= 4 is 11.6 Å². The van der Waals surface area contributed by atoms with Gasteiger partial charge in [-0.05, 0) is 30.7 Å². The van der Waals surface area contributed by atoms with Gasteiger partial charge in [0.2, 0.25) is 0 Å². The largest absolute Gasteiger partial charge is 0.472 e. The topological polar surface area (TPSA) is 54.3 Å². The minimum Gasteiger partial charge on any atom is -0.472 e. The van der Waals surface area contributed by atoms with Crippen molar-refractivity contribution in [1.82, 2.24) is 5.32 Å². The highest BCUT2D eigenvalue weighted by Gasteiger charge is 2.09. The van der Waals surface area contributed by atoms with Crippen LogP contribution in [0.4, 0.5) is 5.69 Å². The van der Waals surface area contributed by atoms with E-state index in [1.165, 1.54) is 0 Å². The van der Waals surface area contributed by atoms with Crippen LogP contribution in [-0.4, -0.2) is 13.0 Å². The first-order valence-corrected chi connectivity index (χ1v) is 5.79. The fraction of sp³-hybridized carbons (Fsp3) is 0.214. The van der Waals surface area contributed by atoms with Gasteiger partial charge in [-0.15, -0.1) is 0 Å². The van der Waals surface area contributed by atoms with Crippen molar-refractivity contribution < 1.29 is 9.21 Å². The molecule has 0 unspecified atom stereocenters. The Morgan fingerprint density at radius 2 is 2.17 bits per heavy atom. The summed E-state index contributed by atoms with van der Waals surface area (Å²) >= 11 is 0. The summed E-state index contributed by atoms with van der Waals surface area (Å²) in [6, 6.07) is 7.55.